The Labute approximate surface area is 492 Å². The second-order valence-corrected chi connectivity index (χ2v) is 20.8. The molecule has 0 radical (unpaired) electrons. The Hall–Kier alpha value is -8.50. The highest BCUT2D eigenvalue weighted by Gasteiger charge is 2.30. The highest BCUT2D eigenvalue weighted by molar-refractivity contribution is 5.91. The van der Waals surface area contributed by atoms with E-state index in [0.29, 0.717) is 122 Å². The quantitative estimate of drug-likeness (QED) is 0.00915. The summed E-state index contributed by atoms with van der Waals surface area (Å²) in [4.78, 5) is 77.9. The smallest absolute Gasteiger partial charge is 0.338 e. The number of carbonyl (C=O) groups excluding carboxylic acids is 4. The first-order valence-electron chi connectivity index (χ1n) is 29.0. The van der Waals surface area contributed by atoms with Crippen LogP contribution in [0.4, 0.5) is 58.4 Å². The predicted octanol–water partition coefficient (Wildman–Crippen LogP) is 13.1. The van der Waals surface area contributed by atoms with E-state index in [0.717, 1.165) is 51.4 Å². The lowest BCUT2D eigenvalue weighted by atomic mass is 10.0. The summed E-state index contributed by atoms with van der Waals surface area (Å²) in [6.45, 7) is 18.7. The predicted molar refractivity (Wildman–Crippen MR) is 325 cm³/mol. The molecule has 0 bridgehead atoms. The third kappa shape index (κ3) is 22.7. The van der Waals surface area contributed by atoms with E-state index in [-0.39, 0.29) is 47.7 Å². The molecule has 2 aromatic heterocycles. The van der Waals surface area contributed by atoms with Gasteiger partial charge in [0, 0.05) is 35.8 Å². The van der Waals surface area contributed by atoms with Gasteiger partial charge in [-0.1, -0.05) is 53.4 Å². The summed E-state index contributed by atoms with van der Waals surface area (Å²) in [5.41, 5.74) is 3.73. The third-order valence-electron chi connectivity index (χ3n) is 12.5. The van der Waals surface area contributed by atoms with Gasteiger partial charge in [0.25, 0.3) is 0 Å². The maximum atomic E-state index is 12.5. The Kier molecular flexibility index (Phi) is 25.8. The van der Waals surface area contributed by atoms with E-state index in [2.05, 4.69) is 61.8 Å². The summed E-state index contributed by atoms with van der Waals surface area (Å²) in [6.07, 6.45) is 8.81. The van der Waals surface area contributed by atoms with Crippen molar-refractivity contribution in [1.29, 1.82) is 0 Å². The first kappa shape index (κ1) is 64.7. The van der Waals surface area contributed by atoms with Gasteiger partial charge in [-0.15, -0.1) is 0 Å². The highest BCUT2D eigenvalue weighted by Crippen LogP contribution is 2.27. The van der Waals surface area contributed by atoms with Gasteiger partial charge in [0.2, 0.25) is 35.7 Å². The Morgan fingerprint density at radius 1 is 0.369 bits per heavy atom. The van der Waals surface area contributed by atoms with Crippen molar-refractivity contribution in [2.45, 2.75) is 137 Å². The van der Waals surface area contributed by atoms with Gasteiger partial charge in [-0.25, -0.2) is 19.2 Å². The molecule has 0 saturated heterocycles. The van der Waals surface area contributed by atoms with Crippen molar-refractivity contribution in [3.05, 3.63) is 119 Å². The van der Waals surface area contributed by atoms with Crippen LogP contribution in [0.25, 0.3) is 0 Å². The molecular formula is C62H82N12O10. The lowest BCUT2D eigenvalue weighted by molar-refractivity contribution is -0.263. The third-order valence-corrected chi connectivity index (χ3v) is 12.5. The first-order valence-corrected chi connectivity index (χ1v) is 29.0. The Morgan fingerprint density at radius 3 is 0.929 bits per heavy atom. The molecule has 0 fully saturated rings. The van der Waals surface area contributed by atoms with Crippen molar-refractivity contribution >= 4 is 82.3 Å². The number of hydrogen-bond acceptors (Lipinski definition) is 22. The molecule has 6 rings (SSSR count). The van der Waals surface area contributed by atoms with Gasteiger partial charge in [-0.05, 0) is 170 Å². The largest absolute Gasteiger partial charge is 0.462 e. The Morgan fingerprint density at radius 2 is 0.643 bits per heavy atom. The number of unbranched alkanes of at least 4 members (excludes halogenated alkanes) is 4. The number of nitrogens with zero attached hydrogens (tertiary/aromatic N) is 6. The number of anilines is 10. The topological polar surface area (TPSA) is 273 Å². The van der Waals surface area contributed by atoms with E-state index in [1.807, 2.05) is 55.4 Å². The Balaban J connectivity index is 1.03. The van der Waals surface area contributed by atoms with Crippen molar-refractivity contribution in [3.63, 3.8) is 0 Å². The van der Waals surface area contributed by atoms with E-state index in [1.165, 1.54) is 0 Å². The second-order valence-electron chi connectivity index (χ2n) is 20.8. The van der Waals surface area contributed by atoms with Gasteiger partial charge >= 0.3 is 23.9 Å². The van der Waals surface area contributed by atoms with Crippen molar-refractivity contribution < 1.29 is 47.6 Å². The molecule has 0 aliphatic heterocycles. The van der Waals surface area contributed by atoms with Crippen LogP contribution >= 0.6 is 0 Å². The number of carbonyl (C=O) groups is 4. The molecule has 0 spiro atoms. The number of hydrogen-bond donors (Lipinski definition) is 6. The van der Waals surface area contributed by atoms with Crippen LogP contribution < -0.4 is 31.9 Å². The molecule has 2 heterocycles. The van der Waals surface area contributed by atoms with Crippen LogP contribution in [-0.2, 0) is 28.4 Å². The molecule has 22 nitrogen and oxygen atoms in total. The van der Waals surface area contributed by atoms with E-state index < -0.39 is 11.4 Å². The van der Waals surface area contributed by atoms with Crippen LogP contribution in [0.15, 0.2) is 97.1 Å². The zero-order valence-electron chi connectivity index (χ0n) is 49.7. The van der Waals surface area contributed by atoms with Crippen LogP contribution in [0, 0.1) is 0 Å². The zero-order valence-corrected chi connectivity index (χ0v) is 49.7. The van der Waals surface area contributed by atoms with Crippen molar-refractivity contribution in [3.8, 4) is 0 Å². The number of aromatic nitrogens is 6. The Bertz CT molecular complexity index is 2830. The minimum atomic E-state index is -0.932. The normalized spacial score (nSPS) is 11.3. The van der Waals surface area contributed by atoms with Gasteiger partial charge in [0.05, 0.1) is 60.9 Å². The zero-order chi connectivity index (χ0) is 60.2. The summed E-state index contributed by atoms with van der Waals surface area (Å²) < 4.78 is 34.3. The minimum Gasteiger partial charge on any atom is -0.462 e. The van der Waals surface area contributed by atoms with Crippen LogP contribution in [0.2, 0.25) is 0 Å². The summed E-state index contributed by atoms with van der Waals surface area (Å²) in [7, 11) is 0. The lowest BCUT2D eigenvalue weighted by Gasteiger charge is -2.36. The monoisotopic (exact) mass is 1150 g/mol. The standard InChI is InChI=1S/C62H82N12O10/c1-9-13-38-79-51(75)43-19-27-47(28-20-43)65-57-69-55(70-58(73-57)66-48-29-21-44(22-30-48)52(76)80-39-14-10-2)63-36-17-35-61(5,6)84-62(7,8)83-42-18-37-64-56-71-59(67-49-31-23-45(24-32-49)53(77)81-40-15-11-3)74-60(72-56)68-50-33-25-46(26-34-50)54(78)82-41-16-12-4/h19-34H,9-18,35-42H2,1-8H3,(H3,63,65,66,69,70,73)(H3,64,67,68,71,72,74). The fraction of sp³-hybridized carbons (Fsp3) is 0.452. The summed E-state index contributed by atoms with van der Waals surface area (Å²) >= 11 is 0. The summed E-state index contributed by atoms with van der Waals surface area (Å²) in [6, 6.07) is 27.5. The maximum Gasteiger partial charge on any atom is 0.338 e. The first-order chi connectivity index (χ1) is 40.5. The van der Waals surface area contributed by atoms with E-state index in [9.17, 15) is 19.2 Å². The molecule has 0 amide bonds. The molecule has 0 atom stereocenters. The van der Waals surface area contributed by atoms with Gasteiger partial charge < -0.3 is 60.3 Å². The minimum absolute atomic E-state index is 0.243. The number of esters is 4. The molecule has 0 unspecified atom stereocenters. The number of nitrogens with one attached hydrogen (secondary N) is 6. The fourth-order valence-corrected chi connectivity index (χ4v) is 8.03. The number of benzene rings is 4. The molecule has 6 N–H and O–H groups in total. The van der Waals surface area contributed by atoms with Gasteiger partial charge in [0.1, 0.15) is 0 Å². The molecule has 450 valence electrons. The molecule has 6 aromatic rings. The maximum absolute atomic E-state index is 12.5. The van der Waals surface area contributed by atoms with Crippen molar-refractivity contribution in [2.24, 2.45) is 0 Å². The molecule has 4 aromatic carbocycles. The SMILES string of the molecule is CCCCOC(=O)c1ccc(Nc2nc(NCCCOC(C)(C)OC(C)(C)CCCNc3nc(Nc4ccc(C(=O)OCCCC)cc4)nc(Nc4ccc(C(=O)OCCCC)cc4)n3)nc(Nc3ccc(C(=O)OCCCC)cc3)n2)cc1. The van der Waals surface area contributed by atoms with E-state index in [1.54, 1.807) is 97.1 Å². The molecule has 84 heavy (non-hydrogen) atoms. The fourth-order valence-electron chi connectivity index (χ4n) is 8.03. The van der Waals surface area contributed by atoms with E-state index in [4.69, 9.17) is 28.4 Å². The molecule has 0 aliphatic carbocycles. The lowest BCUT2D eigenvalue weighted by Crippen LogP contribution is -2.39. The van der Waals surface area contributed by atoms with Crippen LogP contribution in [-0.4, -0.2) is 111 Å². The molecule has 0 aliphatic rings. The van der Waals surface area contributed by atoms with Crippen molar-refractivity contribution in [1.82, 2.24) is 29.9 Å². The average molecular weight is 1160 g/mol. The molecule has 0 saturated carbocycles. The number of rotatable bonds is 37. The van der Waals surface area contributed by atoms with Crippen molar-refractivity contribution in [2.75, 3.05) is 78.0 Å². The molecular weight excluding hydrogens is 1070 g/mol. The number of ether oxygens (including phenoxy) is 6. The average Bonchev–Trinajstić information content (AvgIpc) is 3.68. The van der Waals surface area contributed by atoms with Gasteiger partial charge in [0.15, 0.2) is 5.79 Å². The summed E-state index contributed by atoms with van der Waals surface area (Å²) in [5, 5.41) is 19.5. The summed E-state index contributed by atoms with van der Waals surface area (Å²) in [5.74, 6) is -0.877. The van der Waals surface area contributed by atoms with Crippen LogP contribution in [0.1, 0.15) is 167 Å². The van der Waals surface area contributed by atoms with Gasteiger partial charge in [-0.3, -0.25) is 0 Å². The van der Waals surface area contributed by atoms with E-state index >= 15 is 0 Å². The molecule has 22 heteroatoms. The van der Waals surface area contributed by atoms with Crippen LogP contribution in [0.5, 0.6) is 0 Å². The van der Waals surface area contributed by atoms with Gasteiger partial charge in [-0.2, -0.15) is 29.9 Å². The highest BCUT2D eigenvalue weighted by atomic mass is 16.7. The second kappa shape index (κ2) is 33.6. The van der Waals surface area contributed by atoms with Crippen LogP contribution in [0.3, 0.4) is 0 Å².